The molecule has 0 atom stereocenters. The molecule has 1 aromatic rings. The van der Waals surface area contributed by atoms with E-state index in [9.17, 15) is 4.79 Å². The Morgan fingerprint density at radius 3 is 2.81 bits per heavy atom. The zero-order chi connectivity index (χ0) is 12.1. The molecular formula is C10H16N4O2. The van der Waals surface area contributed by atoms with E-state index < -0.39 is 5.97 Å². The number of hydrogen-bond donors (Lipinski definition) is 2. The van der Waals surface area contributed by atoms with Crippen LogP contribution in [0.25, 0.3) is 0 Å². The number of aliphatic carboxylic acids is 1. The molecule has 0 fully saturated rings. The van der Waals surface area contributed by atoms with E-state index in [0.717, 1.165) is 12.2 Å². The number of anilines is 2. The van der Waals surface area contributed by atoms with Crippen LogP contribution in [0, 0.1) is 6.92 Å². The predicted octanol–water partition coefficient (Wildman–Crippen LogP) is 0.738. The topological polar surface area (TPSA) is 78.4 Å². The maximum absolute atomic E-state index is 10.6. The largest absolute Gasteiger partial charge is 0.480 e. The molecule has 1 heterocycles. The number of aryl methyl sites for hydroxylation is 1. The lowest BCUT2D eigenvalue weighted by Gasteiger charge is -2.15. The van der Waals surface area contributed by atoms with Crippen LogP contribution in [-0.2, 0) is 4.79 Å². The second-order valence-corrected chi connectivity index (χ2v) is 3.47. The highest BCUT2D eigenvalue weighted by molar-refractivity contribution is 5.72. The summed E-state index contributed by atoms with van der Waals surface area (Å²) in [4.78, 5) is 20.5. The number of likely N-dealkylation sites (N-methyl/N-ethyl adjacent to an activating group) is 1. The lowest BCUT2D eigenvalue weighted by Crippen LogP contribution is -2.27. The number of carboxylic acid groups (broad SMARTS) is 1. The van der Waals surface area contributed by atoms with Crippen molar-refractivity contribution in [3.63, 3.8) is 0 Å². The predicted molar refractivity (Wildman–Crippen MR) is 61.8 cm³/mol. The van der Waals surface area contributed by atoms with Crippen LogP contribution in [0.15, 0.2) is 6.07 Å². The molecule has 0 radical (unpaired) electrons. The van der Waals surface area contributed by atoms with Gasteiger partial charge in [-0.1, -0.05) is 0 Å². The summed E-state index contributed by atoms with van der Waals surface area (Å²) >= 11 is 0. The first-order valence-corrected chi connectivity index (χ1v) is 5.05. The normalized spacial score (nSPS) is 9.94. The molecule has 2 N–H and O–H groups in total. The molecule has 0 aliphatic carbocycles. The van der Waals surface area contributed by atoms with Crippen LogP contribution in [0.3, 0.4) is 0 Å². The lowest BCUT2D eigenvalue weighted by molar-refractivity contribution is -0.135. The first-order chi connectivity index (χ1) is 7.52. The number of aromatic nitrogens is 2. The van der Waals surface area contributed by atoms with Crippen LogP contribution in [0.4, 0.5) is 11.8 Å². The Bertz CT molecular complexity index is 381. The van der Waals surface area contributed by atoms with Crippen LogP contribution < -0.4 is 10.2 Å². The molecule has 0 amide bonds. The average Bonchev–Trinajstić information content (AvgIpc) is 2.16. The lowest BCUT2D eigenvalue weighted by atomic mass is 10.4. The molecule has 0 saturated carbocycles. The summed E-state index contributed by atoms with van der Waals surface area (Å²) in [6, 6.07) is 1.82. The highest BCUT2D eigenvalue weighted by Crippen LogP contribution is 2.11. The molecule has 0 aromatic carbocycles. The van der Waals surface area contributed by atoms with Crippen LogP contribution >= 0.6 is 0 Å². The summed E-state index contributed by atoms with van der Waals surface area (Å²) in [5.74, 6) is 0.221. The monoisotopic (exact) mass is 224 g/mol. The quantitative estimate of drug-likeness (QED) is 0.768. The molecule has 1 rings (SSSR count). The molecule has 0 aliphatic rings. The van der Waals surface area contributed by atoms with Crippen molar-refractivity contribution in [2.75, 3.05) is 30.4 Å². The summed E-state index contributed by atoms with van der Waals surface area (Å²) < 4.78 is 0. The Balaban J connectivity index is 2.90. The Hall–Kier alpha value is -1.85. The van der Waals surface area contributed by atoms with Crippen molar-refractivity contribution < 1.29 is 9.90 Å². The van der Waals surface area contributed by atoms with E-state index in [4.69, 9.17) is 5.11 Å². The zero-order valence-corrected chi connectivity index (χ0v) is 9.69. The smallest absolute Gasteiger partial charge is 0.323 e. The molecule has 0 unspecified atom stereocenters. The molecule has 0 bridgehead atoms. The second kappa shape index (κ2) is 5.29. The highest BCUT2D eigenvalue weighted by Gasteiger charge is 2.09. The van der Waals surface area contributed by atoms with Crippen molar-refractivity contribution in [3.05, 3.63) is 11.8 Å². The van der Waals surface area contributed by atoms with E-state index in [0.29, 0.717) is 11.8 Å². The number of carboxylic acids is 1. The highest BCUT2D eigenvalue weighted by atomic mass is 16.4. The standard InChI is InChI=1S/C10H16N4O2/c1-4-11-8-5-7(2)12-10(13-8)14(3)6-9(15)16/h5H,4,6H2,1-3H3,(H,15,16)(H,11,12,13). The molecule has 16 heavy (non-hydrogen) atoms. The summed E-state index contributed by atoms with van der Waals surface area (Å²) in [6.07, 6.45) is 0. The molecule has 0 saturated heterocycles. The summed E-state index contributed by atoms with van der Waals surface area (Å²) in [5.41, 5.74) is 0.804. The van der Waals surface area contributed by atoms with Gasteiger partial charge in [0.25, 0.3) is 0 Å². The molecule has 0 aliphatic heterocycles. The van der Waals surface area contributed by atoms with Gasteiger partial charge in [-0.15, -0.1) is 0 Å². The number of nitrogens with zero attached hydrogens (tertiary/aromatic N) is 3. The van der Waals surface area contributed by atoms with E-state index in [1.807, 2.05) is 19.9 Å². The fraction of sp³-hybridized carbons (Fsp3) is 0.500. The van der Waals surface area contributed by atoms with Gasteiger partial charge in [0.15, 0.2) is 0 Å². The Kier molecular flexibility index (Phi) is 4.04. The van der Waals surface area contributed by atoms with Gasteiger partial charge in [0.1, 0.15) is 12.4 Å². The fourth-order valence-corrected chi connectivity index (χ4v) is 1.27. The van der Waals surface area contributed by atoms with Crippen molar-refractivity contribution in [2.24, 2.45) is 0 Å². The number of rotatable bonds is 5. The van der Waals surface area contributed by atoms with E-state index in [-0.39, 0.29) is 6.54 Å². The molecule has 0 spiro atoms. The van der Waals surface area contributed by atoms with Crippen molar-refractivity contribution in [3.8, 4) is 0 Å². The van der Waals surface area contributed by atoms with E-state index in [1.165, 1.54) is 4.90 Å². The second-order valence-electron chi connectivity index (χ2n) is 3.47. The Labute approximate surface area is 94.3 Å². The van der Waals surface area contributed by atoms with E-state index >= 15 is 0 Å². The maximum Gasteiger partial charge on any atom is 0.323 e. The minimum Gasteiger partial charge on any atom is -0.480 e. The minimum absolute atomic E-state index is 0.116. The minimum atomic E-state index is -0.905. The van der Waals surface area contributed by atoms with E-state index in [1.54, 1.807) is 7.05 Å². The van der Waals surface area contributed by atoms with Crippen LogP contribution in [-0.4, -0.2) is 41.2 Å². The third-order valence-electron chi connectivity index (χ3n) is 1.91. The van der Waals surface area contributed by atoms with Crippen molar-refractivity contribution in [2.45, 2.75) is 13.8 Å². The van der Waals surface area contributed by atoms with Crippen molar-refractivity contribution in [1.29, 1.82) is 0 Å². The van der Waals surface area contributed by atoms with Crippen LogP contribution in [0.1, 0.15) is 12.6 Å². The zero-order valence-electron chi connectivity index (χ0n) is 9.69. The maximum atomic E-state index is 10.6. The average molecular weight is 224 g/mol. The Morgan fingerprint density at radius 1 is 1.56 bits per heavy atom. The number of hydrogen-bond acceptors (Lipinski definition) is 5. The molecule has 88 valence electrons. The van der Waals surface area contributed by atoms with Gasteiger partial charge in [0, 0.05) is 25.4 Å². The van der Waals surface area contributed by atoms with Crippen LogP contribution in [0.5, 0.6) is 0 Å². The first-order valence-electron chi connectivity index (χ1n) is 5.05. The van der Waals surface area contributed by atoms with Crippen molar-refractivity contribution >= 4 is 17.7 Å². The third-order valence-corrected chi connectivity index (χ3v) is 1.91. The van der Waals surface area contributed by atoms with Gasteiger partial charge in [0.2, 0.25) is 5.95 Å². The van der Waals surface area contributed by atoms with Crippen molar-refractivity contribution in [1.82, 2.24) is 9.97 Å². The van der Waals surface area contributed by atoms with Gasteiger partial charge in [0.05, 0.1) is 0 Å². The van der Waals surface area contributed by atoms with Gasteiger partial charge in [-0.05, 0) is 13.8 Å². The van der Waals surface area contributed by atoms with Gasteiger partial charge in [-0.2, -0.15) is 4.98 Å². The Morgan fingerprint density at radius 2 is 2.25 bits per heavy atom. The summed E-state index contributed by atoms with van der Waals surface area (Å²) in [5, 5.41) is 11.7. The molecule has 6 heteroatoms. The van der Waals surface area contributed by atoms with Gasteiger partial charge >= 0.3 is 5.97 Å². The number of carbonyl (C=O) groups is 1. The van der Waals surface area contributed by atoms with Gasteiger partial charge in [-0.3, -0.25) is 4.79 Å². The fourth-order valence-electron chi connectivity index (χ4n) is 1.27. The van der Waals surface area contributed by atoms with Crippen LogP contribution in [0.2, 0.25) is 0 Å². The van der Waals surface area contributed by atoms with Gasteiger partial charge < -0.3 is 15.3 Å². The SMILES string of the molecule is CCNc1cc(C)nc(N(C)CC(=O)O)n1. The first kappa shape index (κ1) is 12.2. The molecule has 1 aromatic heterocycles. The summed E-state index contributed by atoms with van der Waals surface area (Å²) in [6.45, 7) is 4.46. The van der Waals surface area contributed by atoms with E-state index in [2.05, 4.69) is 15.3 Å². The molecule has 6 nitrogen and oxygen atoms in total. The number of nitrogens with one attached hydrogen (secondary N) is 1. The van der Waals surface area contributed by atoms with Gasteiger partial charge in [-0.25, -0.2) is 4.98 Å². The third kappa shape index (κ3) is 3.38. The summed E-state index contributed by atoms with van der Waals surface area (Å²) in [7, 11) is 1.65. The molecular weight excluding hydrogens is 208 g/mol.